The van der Waals surface area contributed by atoms with Crippen LogP contribution in [0, 0.1) is 35.5 Å². The molecular formula is C36H50B2N2O4. The molecule has 8 heterocycles. The molecule has 0 aromatic heterocycles. The molecule has 6 aliphatic carbocycles. The van der Waals surface area contributed by atoms with Crippen LogP contribution < -0.4 is 0 Å². The highest BCUT2D eigenvalue weighted by Gasteiger charge is 2.80. The van der Waals surface area contributed by atoms with Crippen molar-refractivity contribution >= 4 is 13.7 Å². The number of hydrogen-bond donors (Lipinski definition) is 0. The molecule has 20 atom stereocenters. The standard InChI is InChI=1S/C36H50B2N2O4/c1-5-15-17-7-3-11-21-33(17)39-35-25(43-21)14-26-36-28(35)27-31-23(41-19(9-1)29(15)37(31)39)13-24-32(27)38-30-16(6-2-10-20(30)42-24)18-8-4-12-22(44-26)34(18)40(36)38/h15-36H,1-14H2. The molecule has 8 saturated heterocycles. The van der Waals surface area contributed by atoms with Crippen LogP contribution in [-0.4, -0.2) is 96.3 Å². The van der Waals surface area contributed by atoms with Crippen molar-refractivity contribution in [2.75, 3.05) is 0 Å². The Morgan fingerprint density at radius 2 is 0.795 bits per heavy atom. The van der Waals surface area contributed by atoms with Crippen molar-refractivity contribution in [3.63, 3.8) is 0 Å². The highest BCUT2D eigenvalue weighted by molar-refractivity contribution is 6.63. The summed E-state index contributed by atoms with van der Waals surface area (Å²) in [6, 6.07) is 2.57. The van der Waals surface area contributed by atoms with E-state index >= 15 is 0 Å². The van der Waals surface area contributed by atoms with Crippen LogP contribution in [0.4, 0.5) is 0 Å². The molecule has 8 aliphatic heterocycles. The van der Waals surface area contributed by atoms with E-state index < -0.39 is 0 Å². The highest BCUT2D eigenvalue weighted by atomic mass is 16.5. The summed E-state index contributed by atoms with van der Waals surface area (Å²) in [6.45, 7) is 1.49. The number of ether oxygens (including phenoxy) is 4. The number of rotatable bonds is 0. The molecule has 14 rings (SSSR count). The van der Waals surface area contributed by atoms with E-state index in [1.54, 1.807) is 0 Å². The molecule has 8 heteroatoms. The van der Waals surface area contributed by atoms with Crippen molar-refractivity contribution in [3.8, 4) is 0 Å². The third-order valence-corrected chi connectivity index (χ3v) is 18.4. The fourth-order valence-electron chi connectivity index (χ4n) is 18.2. The predicted octanol–water partition coefficient (Wildman–Crippen LogP) is 4.89. The van der Waals surface area contributed by atoms with Crippen LogP contribution in [0.1, 0.15) is 89.9 Å². The van der Waals surface area contributed by atoms with E-state index in [9.17, 15) is 0 Å². The Balaban J connectivity index is 1.01. The minimum atomic E-state index is 0.374. The summed E-state index contributed by atoms with van der Waals surface area (Å²) in [5, 5.41) is 0. The zero-order valence-corrected chi connectivity index (χ0v) is 26.3. The van der Waals surface area contributed by atoms with Crippen molar-refractivity contribution in [3.05, 3.63) is 0 Å². The maximum absolute atomic E-state index is 7.52. The molecule has 0 N–H and O–H groups in total. The number of hydrogen-bond acceptors (Lipinski definition) is 6. The average Bonchev–Trinajstić information content (AvgIpc) is 3.06. The van der Waals surface area contributed by atoms with Crippen LogP contribution in [0.25, 0.3) is 0 Å². The Kier molecular flexibility index (Phi) is 4.64. The summed E-state index contributed by atoms with van der Waals surface area (Å²) in [6.07, 6.45) is 22.4. The lowest BCUT2D eigenvalue weighted by molar-refractivity contribution is -0.289. The quantitative estimate of drug-likeness (QED) is 0.371. The Morgan fingerprint density at radius 1 is 0.364 bits per heavy atom. The van der Waals surface area contributed by atoms with Crippen LogP contribution >= 0.6 is 0 Å². The van der Waals surface area contributed by atoms with E-state index in [2.05, 4.69) is 9.62 Å². The van der Waals surface area contributed by atoms with Gasteiger partial charge in [0.2, 0.25) is 13.7 Å². The minimum Gasteiger partial charge on any atom is -0.376 e. The Morgan fingerprint density at radius 3 is 1.32 bits per heavy atom. The van der Waals surface area contributed by atoms with Gasteiger partial charge >= 0.3 is 0 Å². The van der Waals surface area contributed by atoms with E-state index in [4.69, 9.17) is 18.9 Å². The van der Waals surface area contributed by atoms with Crippen molar-refractivity contribution in [1.82, 2.24) is 9.62 Å². The van der Waals surface area contributed by atoms with Gasteiger partial charge in [0.15, 0.2) is 0 Å². The summed E-state index contributed by atoms with van der Waals surface area (Å²) in [5.74, 6) is 7.84. The van der Waals surface area contributed by atoms with Gasteiger partial charge in [0.05, 0.1) is 48.8 Å². The summed E-state index contributed by atoms with van der Waals surface area (Å²) in [5.41, 5.74) is 0. The second-order valence-corrected chi connectivity index (χ2v) is 19.0. The number of nitrogens with zero attached hydrogens (tertiary/aromatic N) is 2. The van der Waals surface area contributed by atoms with Crippen LogP contribution in [-0.2, 0) is 18.9 Å². The predicted molar refractivity (Wildman–Crippen MR) is 166 cm³/mol. The minimum absolute atomic E-state index is 0.374. The van der Waals surface area contributed by atoms with Crippen LogP contribution in [0.3, 0.4) is 0 Å². The lowest BCUT2D eigenvalue weighted by atomic mass is 9.17. The van der Waals surface area contributed by atoms with Gasteiger partial charge in [-0.2, -0.15) is 0 Å². The van der Waals surface area contributed by atoms with E-state index in [0.29, 0.717) is 90.6 Å². The van der Waals surface area contributed by atoms with Crippen molar-refractivity contribution < 1.29 is 18.9 Å². The van der Waals surface area contributed by atoms with Crippen molar-refractivity contribution in [1.29, 1.82) is 0 Å². The maximum Gasteiger partial charge on any atom is 0.236 e. The molecule has 0 bridgehead atoms. The van der Waals surface area contributed by atoms with Gasteiger partial charge < -0.3 is 28.6 Å². The first-order chi connectivity index (χ1) is 21.8. The molecule has 14 aliphatic rings. The summed E-state index contributed by atoms with van der Waals surface area (Å²) >= 11 is 0. The fraction of sp³-hybridized carbons (Fsp3) is 1.00. The lowest BCUT2D eigenvalue weighted by Gasteiger charge is -2.81. The van der Waals surface area contributed by atoms with E-state index in [1.807, 2.05) is 0 Å². The smallest absolute Gasteiger partial charge is 0.236 e. The molecule has 0 spiro atoms. The normalized spacial score (nSPS) is 67.9. The maximum atomic E-state index is 7.52. The highest BCUT2D eigenvalue weighted by Crippen LogP contribution is 2.74. The molecule has 0 aromatic carbocycles. The number of morpholine rings is 2. The molecule has 234 valence electrons. The van der Waals surface area contributed by atoms with Gasteiger partial charge in [-0.15, -0.1) is 0 Å². The molecule has 44 heavy (non-hydrogen) atoms. The lowest BCUT2D eigenvalue weighted by Crippen LogP contribution is -2.90. The van der Waals surface area contributed by atoms with Gasteiger partial charge in [-0.25, -0.2) is 0 Å². The largest absolute Gasteiger partial charge is 0.376 e. The van der Waals surface area contributed by atoms with Gasteiger partial charge in [-0.3, -0.25) is 0 Å². The molecule has 14 fully saturated rings. The molecule has 0 amide bonds. The van der Waals surface area contributed by atoms with Crippen LogP contribution in [0.2, 0.25) is 23.3 Å². The Hall–Kier alpha value is -0.110. The summed E-state index contributed by atoms with van der Waals surface area (Å²) in [4.78, 5) is 6.65. The average molecular weight is 596 g/mol. The second-order valence-electron chi connectivity index (χ2n) is 19.0. The fourth-order valence-corrected chi connectivity index (χ4v) is 18.2. The first-order valence-corrected chi connectivity index (χ1v) is 20.0. The second kappa shape index (κ2) is 8.19. The van der Waals surface area contributed by atoms with Crippen LogP contribution in [0.5, 0.6) is 0 Å². The van der Waals surface area contributed by atoms with Gasteiger partial charge in [0, 0.05) is 30.6 Å². The van der Waals surface area contributed by atoms with E-state index in [1.165, 1.54) is 83.5 Å². The third kappa shape index (κ3) is 2.61. The molecule has 6 saturated carbocycles. The van der Waals surface area contributed by atoms with Crippen molar-refractivity contribution in [2.24, 2.45) is 35.5 Å². The molecular weight excluding hydrogens is 546 g/mol. The zero-order chi connectivity index (χ0) is 27.7. The first kappa shape index (κ1) is 24.9. The molecule has 0 aromatic rings. The summed E-state index contributed by atoms with van der Waals surface area (Å²) in [7, 11) is 0. The third-order valence-electron chi connectivity index (χ3n) is 18.4. The van der Waals surface area contributed by atoms with E-state index in [-0.39, 0.29) is 0 Å². The van der Waals surface area contributed by atoms with E-state index in [0.717, 1.165) is 61.3 Å². The molecule has 20 unspecified atom stereocenters. The van der Waals surface area contributed by atoms with Crippen molar-refractivity contribution in [2.45, 2.75) is 186 Å². The summed E-state index contributed by atoms with van der Waals surface area (Å²) < 4.78 is 30.0. The monoisotopic (exact) mass is 596 g/mol. The Bertz CT molecular complexity index is 1120. The van der Waals surface area contributed by atoms with Gasteiger partial charge in [0.1, 0.15) is 0 Å². The molecule has 6 nitrogen and oxygen atoms in total. The van der Waals surface area contributed by atoms with Gasteiger partial charge in [-0.05, 0) is 104 Å². The van der Waals surface area contributed by atoms with Crippen LogP contribution in [0.15, 0.2) is 0 Å². The zero-order valence-electron chi connectivity index (χ0n) is 26.3. The first-order valence-electron chi connectivity index (χ1n) is 20.0. The van der Waals surface area contributed by atoms with Gasteiger partial charge in [0.25, 0.3) is 0 Å². The molecule has 0 radical (unpaired) electrons. The Labute approximate surface area is 263 Å². The SMILES string of the molecule is C1CC2OC3CC4OC5CCCC6C7CCCC8OC9CC%10OC%11CCCC%12C(C1)C2B1C3C2C4B(C56)N(C87)C9C2C%10N1C%11%12. The topological polar surface area (TPSA) is 43.4 Å². The number of fused-ring (bicyclic) bond motifs is 2. The van der Waals surface area contributed by atoms with Gasteiger partial charge in [-0.1, -0.05) is 38.5 Å².